The standard InChI is InChI=1S/2C26H40O4.C25H38O4/c1-5-25(2,3)24(28)29-20-14-16-13-19(20)22-17-11-15(21(16)22)12-18(17)23(27)30-26(4)9-7-6-8-10-26;1-5-25(3,4)24(28)29-20-14-16-13-19(20)22-17-11-15(21(16)22)12-18(17)23(27)30-26(6-2)9-7-8-10-26;1-5-24(2,3)23(27)28-19-13-15-12-18(19)21-16-10-14(20(15)21)11-17(16)22(26)29-25(4)8-6-7-9-25/h2*15-22H,5-14H2,1-4H3;14-21H,5-13H2,1-4H3. The van der Waals surface area contributed by atoms with Crippen LogP contribution in [0.3, 0.4) is 0 Å². The van der Waals surface area contributed by atoms with Gasteiger partial charge in [0.2, 0.25) is 0 Å². The maximum absolute atomic E-state index is 13.3. The molecule has 15 aliphatic rings. The van der Waals surface area contributed by atoms with E-state index < -0.39 is 16.2 Å². The van der Waals surface area contributed by atoms with Crippen molar-refractivity contribution in [2.75, 3.05) is 0 Å². The first kappa shape index (κ1) is 64.5. The molecule has 0 saturated heterocycles. The predicted octanol–water partition coefficient (Wildman–Crippen LogP) is 16.2. The molecule has 12 bridgehead atoms. The normalized spacial score (nSPS) is 43.6. The number of carbonyl (C=O) groups is 6. The molecular weight excluding hydrogens is 1120 g/mol. The van der Waals surface area contributed by atoms with Crippen molar-refractivity contribution in [1.29, 1.82) is 0 Å². The molecule has 0 aromatic rings. The number of hydrogen-bond acceptors (Lipinski definition) is 12. The number of carbonyl (C=O) groups excluding carboxylic acids is 6. The number of esters is 6. The molecule has 0 aromatic heterocycles. The molecule has 15 fully saturated rings. The van der Waals surface area contributed by atoms with Crippen LogP contribution in [0.1, 0.15) is 269 Å². The number of rotatable bonds is 16. The van der Waals surface area contributed by atoms with E-state index in [4.69, 9.17) is 28.4 Å². The minimum absolute atomic E-state index is 0.0377. The van der Waals surface area contributed by atoms with Crippen molar-refractivity contribution >= 4 is 35.8 Å². The first-order valence-corrected chi connectivity index (χ1v) is 37.5. The first-order chi connectivity index (χ1) is 42.2. The molecule has 24 atom stereocenters. The Hall–Kier alpha value is -3.18. The third-order valence-corrected chi connectivity index (χ3v) is 30.0. The lowest BCUT2D eigenvalue weighted by Gasteiger charge is -2.42. The summed E-state index contributed by atoms with van der Waals surface area (Å²) in [5.41, 5.74) is -1.86. The van der Waals surface area contributed by atoms with Gasteiger partial charge >= 0.3 is 35.8 Å². The molecule has 0 radical (unpaired) electrons. The average molecular weight is 1240 g/mol. The lowest BCUT2D eigenvalue weighted by Crippen LogP contribution is -2.44. The van der Waals surface area contributed by atoms with Crippen LogP contribution < -0.4 is 0 Å². The zero-order valence-corrected chi connectivity index (χ0v) is 57.3. The summed E-state index contributed by atoms with van der Waals surface area (Å²) in [5.74, 6) is 11.3. The zero-order valence-electron chi connectivity index (χ0n) is 57.3. The second-order valence-electron chi connectivity index (χ2n) is 35.9. The summed E-state index contributed by atoms with van der Waals surface area (Å²) >= 11 is 0. The van der Waals surface area contributed by atoms with Gasteiger partial charge in [-0.25, -0.2) is 0 Å². The van der Waals surface area contributed by atoms with E-state index in [1.54, 1.807) is 0 Å². The summed E-state index contributed by atoms with van der Waals surface area (Å²) in [6, 6.07) is 0. The fraction of sp³-hybridized carbons (Fsp3) is 0.922. The summed E-state index contributed by atoms with van der Waals surface area (Å²) in [5, 5.41) is 0. The van der Waals surface area contributed by atoms with Crippen LogP contribution in [0.4, 0.5) is 0 Å². The Morgan fingerprint density at radius 3 is 0.910 bits per heavy atom. The summed E-state index contributed by atoms with van der Waals surface area (Å²) in [7, 11) is 0. The van der Waals surface area contributed by atoms with Crippen molar-refractivity contribution in [3.63, 3.8) is 0 Å². The van der Waals surface area contributed by atoms with E-state index in [0.29, 0.717) is 88.8 Å². The minimum atomic E-state index is -0.405. The minimum Gasteiger partial charge on any atom is -0.462 e. The van der Waals surface area contributed by atoms with Gasteiger partial charge in [-0.05, 0) is 342 Å². The Kier molecular flexibility index (Phi) is 17.3. The summed E-state index contributed by atoms with van der Waals surface area (Å²) in [6.07, 6.45) is 31.5. The number of fused-ring (bicyclic) bond motifs is 27. The third kappa shape index (κ3) is 11.4. The highest BCUT2D eigenvalue weighted by Crippen LogP contribution is 2.72. The fourth-order valence-electron chi connectivity index (χ4n) is 24.3. The van der Waals surface area contributed by atoms with Crippen molar-refractivity contribution in [2.24, 2.45) is 141 Å². The van der Waals surface area contributed by atoms with E-state index in [1.165, 1.54) is 83.5 Å². The van der Waals surface area contributed by atoms with Crippen molar-refractivity contribution in [2.45, 2.75) is 304 Å². The maximum Gasteiger partial charge on any atom is 0.311 e. The Bertz CT molecular complexity index is 2670. The van der Waals surface area contributed by atoms with E-state index in [9.17, 15) is 28.8 Å². The van der Waals surface area contributed by atoms with E-state index in [-0.39, 0.29) is 88.7 Å². The summed E-state index contributed by atoms with van der Waals surface area (Å²) in [6.45, 7) is 24.5. The zero-order chi connectivity index (χ0) is 63.1. The van der Waals surface area contributed by atoms with Gasteiger partial charge in [0.1, 0.15) is 35.1 Å². The van der Waals surface area contributed by atoms with Gasteiger partial charge in [0.15, 0.2) is 0 Å². The Balaban J connectivity index is 0.000000123. The smallest absolute Gasteiger partial charge is 0.311 e. The largest absolute Gasteiger partial charge is 0.462 e. The summed E-state index contributed by atoms with van der Waals surface area (Å²) in [4.78, 5) is 77.7. The molecule has 24 unspecified atom stereocenters. The van der Waals surface area contributed by atoms with Gasteiger partial charge in [0, 0.05) is 0 Å². The molecule has 0 aliphatic heterocycles. The molecule has 0 heterocycles. The van der Waals surface area contributed by atoms with Gasteiger partial charge in [-0.2, -0.15) is 0 Å². The fourth-order valence-corrected chi connectivity index (χ4v) is 24.3. The number of ether oxygens (including phenoxy) is 6. The molecule has 0 aromatic carbocycles. The van der Waals surface area contributed by atoms with E-state index in [0.717, 1.165) is 120 Å². The lowest BCUT2D eigenvalue weighted by molar-refractivity contribution is -0.173. The van der Waals surface area contributed by atoms with Crippen molar-refractivity contribution in [3.05, 3.63) is 0 Å². The molecule has 498 valence electrons. The molecular formula is C77H118O12. The van der Waals surface area contributed by atoms with Crippen molar-refractivity contribution in [3.8, 4) is 0 Å². The van der Waals surface area contributed by atoms with Gasteiger partial charge < -0.3 is 28.4 Å². The summed E-state index contributed by atoms with van der Waals surface area (Å²) < 4.78 is 36.8. The first-order valence-electron chi connectivity index (χ1n) is 37.5. The monoisotopic (exact) mass is 1230 g/mol. The Morgan fingerprint density at radius 1 is 0.337 bits per heavy atom. The van der Waals surface area contributed by atoms with Crippen LogP contribution in [-0.4, -0.2) is 70.9 Å². The number of hydrogen-bond donors (Lipinski definition) is 0. The molecule has 0 N–H and O–H groups in total. The molecule has 12 heteroatoms. The molecule has 15 aliphatic carbocycles. The topological polar surface area (TPSA) is 158 Å². The van der Waals surface area contributed by atoms with Gasteiger partial charge in [-0.15, -0.1) is 0 Å². The molecule has 15 rings (SSSR count). The Morgan fingerprint density at radius 2 is 0.607 bits per heavy atom. The van der Waals surface area contributed by atoms with Crippen LogP contribution >= 0.6 is 0 Å². The van der Waals surface area contributed by atoms with E-state index >= 15 is 0 Å². The van der Waals surface area contributed by atoms with Gasteiger partial charge in [0.25, 0.3) is 0 Å². The second-order valence-corrected chi connectivity index (χ2v) is 35.9. The van der Waals surface area contributed by atoms with Crippen LogP contribution in [0, 0.1) is 141 Å². The van der Waals surface area contributed by atoms with E-state index in [1.807, 2.05) is 41.5 Å². The second kappa shape index (κ2) is 23.9. The molecule has 15 saturated carbocycles. The van der Waals surface area contributed by atoms with Crippen LogP contribution in [0.25, 0.3) is 0 Å². The SMILES string of the molecule is CCC(C)(C)C(=O)OC1CC2CC1C1C3CC(CC3C(=O)OC3(C)CCCC3)C21.CCC(C)(C)C(=O)OC1CC2CC1C1C3CC(CC3C(=O)OC3(C)CCCCC3)C21.CCC1(OC(=O)C2CC3CC2C2C4CC(CC4OC(=O)C(C)(C)CC)C32)CCCC1. The van der Waals surface area contributed by atoms with Crippen LogP contribution in [0.5, 0.6) is 0 Å². The van der Waals surface area contributed by atoms with Gasteiger partial charge in [-0.3, -0.25) is 28.8 Å². The highest BCUT2D eigenvalue weighted by Gasteiger charge is 2.70. The molecule has 12 nitrogen and oxygen atoms in total. The predicted molar refractivity (Wildman–Crippen MR) is 339 cm³/mol. The highest BCUT2D eigenvalue weighted by molar-refractivity contribution is 5.78. The van der Waals surface area contributed by atoms with Crippen LogP contribution in [0.2, 0.25) is 0 Å². The van der Waals surface area contributed by atoms with Gasteiger partial charge in [0.05, 0.1) is 34.0 Å². The third-order valence-electron chi connectivity index (χ3n) is 30.0. The molecule has 89 heavy (non-hydrogen) atoms. The molecule has 0 amide bonds. The quantitative estimate of drug-likeness (QED) is 0.0819. The molecule has 0 spiro atoms. The highest BCUT2D eigenvalue weighted by atomic mass is 16.6. The van der Waals surface area contributed by atoms with Crippen LogP contribution in [-0.2, 0) is 57.2 Å². The van der Waals surface area contributed by atoms with Crippen molar-refractivity contribution in [1.82, 2.24) is 0 Å². The lowest BCUT2D eigenvalue weighted by atomic mass is 9.66. The maximum atomic E-state index is 13.3. The van der Waals surface area contributed by atoms with Crippen molar-refractivity contribution < 1.29 is 57.2 Å². The Labute approximate surface area is 535 Å². The van der Waals surface area contributed by atoms with Gasteiger partial charge in [-0.1, -0.05) is 34.1 Å². The van der Waals surface area contributed by atoms with Crippen LogP contribution in [0.15, 0.2) is 0 Å². The average Bonchev–Trinajstić information content (AvgIpc) is 1.56. The van der Waals surface area contributed by atoms with E-state index in [2.05, 4.69) is 41.5 Å².